The van der Waals surface area contributed by atoms with E-state index in [1.165, 1.54) is 24.2 Å². The maximum atomic E-state index is 13.1. The van der Waals surface area contributed by atoms with Crippen molar-refractivity contribution in [1.82, 2.24) is 29.6 Å². The van der Waals surface area contributed by atoms with Gasteiger partial charge in [-0.2, -0.15) is 13.2 Å². The highest BCUT2D eigenvalue weighted by Gasteiger charge is 2.37. The number of amides is 1. The van der Waals surface area contributed by atoms with Gasteiger partial charge in [-0.1, -0.05) is 0 Å². The van der Waals surface area contributed by atoms with Gasteiger partial charge in [0.1, 0.15) is 10.8 Å². The van der Waals surface area contributed by atoms with E-state index in [-0.39, 0.29) is 24.5 Å². The van der Waals surface area contributed by atoms with Gasteiger partial charge in [-0.05, 0) is 61.5 Å². The molecule has 4 heterocycles. The highest BCUT2D eigenvalue weighted by Crippen LogP contribution is 2.34. The Morgan fingerprint density at radius 2 is 1.88 bits per heavy atom. The van der Waals surface area contributed by atoms with Crippen molar-refractivity contribution >= 4 is 17.9 Å². The zero-order valence-electron chi connectivity index (χ0n) is 18.0. The zero-order valence-corrected chi connectivity index (χ0v) is 18.8. The SMILES string of the molecule is C[C@H]1CC[C@@H](C(=O)NCc2ccnc(-c3cnc(C(F)(F)F)nc3)c2)N1Sc1ccc(F)cn1. The molecule has 0 spiro atoms. The molecule has 7 nitrogen and oxygen atoms in total. The number of carbonyl (C=O) groups is 1. The van der Waals surface area contributed by atoms with Gasteiger partial charge >= 0.3 is 6.18 Å². The van der Waals surface area contributed by atoms with Crippen LogP contribution in [0.2, 0.25) is 0 Å². The molecule has 178 valence electrons. The Labute approximate surface area is 197 Å². The fourth-order valence-corrected chi connectivity index (χ4v) is 4.60. The van der Waals surface area contributed by atoms with Gasteiger partial charge in [0.15, 0.2) is 0 Å². The van der Waals surface area contributed by atoms with Crippen molar-refractivity contribution in [3.8, 4) is 11.3 Å². The Bertz CT molecular complexity index is 1140. The molecule has 1 N–H and O–H groups in total. The highest BCUT2D eigenvalue weighted by atomic mass is 32.2. The van der Waals surface area contributed by atoms with Crippen LogP contribution in [0.25, 0.3) is 11.3 Å². The largest absolute Gasteiger partial charge is 0.451 e. The first-order valence-electron chi connectivity index (χ1n) is 10.4. The molecule has 1 aliphatic rings. The first-order chi connectivity index (χ1) is 16.2. The van der Waals surface area contributed by atoms with Gasteiger partial charge in [0.2, 0.25) is 11.7 Å². The lowest BCUT2D eigenvalue weighted by atomic mass is 10.1. The van der Waals surface area contributed by atoms with E-state index in [0.717, 1.165) is 30.6 Å². The van der Waals surface area contributed by atoms with Gasteiger partial charge < -0.3 is 5.32 Å². The number of alkyl halides is 3. The van der Waals surface area contributed by atoms with Gasteiger partial charge in [0, 0.05) is 36.7 Å². The van der Waals surface area contributed by atoms with Gasteiger partial charge in [-0.25, -0.2) is 23.6 Å². The summed E-state index contributed by atoms with van der Waals surface area (Å²) >= 11 is 1.32. The first-order valence-corrected chi connectivity index (χ1v) is 11.2. The minimum absolute atomic E-state index is 0.139. The third kappa shape index (κ3) is 5.68. The van der Waals surface area contributed by atoms with Crippen molar-refractivity contribution in [2.45, 2.75) is 49.6 Å². The van der Waals surface area contributed by atoms with Gasteiger partial charge in [0.05, 0.1) is 17.9 Å². The second-order valence-electron chi connectivity index (χ2n) is 7.77. The van der Waals surface area contributed by atoms with Crippen molar-refractivity contribution in [1.29, 1.82) is 0 Å². The number of hydrogen-bond acceptors (Lipinski definition) is 7. The molecule has 3 aromatic rings. The van der Waals surface area contributed by atoms with Gasteiger partial charge in [0.25, 0.3) is 0 Å². The van der Waals surface area contributed by atoms with Crippen LogP contribution in [-0.4, -0.2) is 42.2 Å². The number of pyridine rings is 2. The molecule has 0 aromatic carbocycles. The number of rotatable bonds is 6. The van der Waals surface area contributed by atoms with Crippen LogP contribution in [0, 0.1) is 5.82 Å². The third-order valence-corrected chi connectivity index (χ3v) is 6.55. The molecular weight excluding hydrogens is 472 g/mol. The predicted octanol–water partition coefficient (Wildman–Crippen LogP) is 4.27. The fraction of sp³-hybridized carbons (Fsp3) is 0.318. The van der Waals surface area contributed by atoms with Crippen LogP contribution in [0.1, 0.15) is 31.2 Å². The Morgan fingerprint density at radius 1 is 1.12 bits per heavy atom. The van der Waals surface area contributed by atoms with Crippen LogP contribution in [0.4, 0.5) is 17.6 Å². The maximum absolute atomic E-state index is 13.1. The number of nitrogens with one attached hydrogen (secondary N) is 1. The summed E-state index contributed by atoms with van der Waals surface area (Å²) in [6.45, 7) is 2.24. The lowest BCUT2D eigenvalue weighted by Crippen LogP contribution is -2.41. The molecule has 0 bridgehead atoms. The summed E-state index contributed by atoms with van der Waals surface area (Å²) in [5.74, 6) is -1.80. The first kappa shape index (κ1) is 24.0. The van der Waals surface area contributed by atoms with E-state index in [4.69, 9.17) is 0 Å². The number of hydrogen-bond donors (Lipinski definition) is 1. The van der Waals surface area contributed by atoms with Crippen molar-refractivity contribution < 1.29 is 22.4 Å². The Hall–Kier alpha value is -3.12. The maximum Gasteiger partial charge on any atom is 0.451 e. The summed E-state index contributed by atoms with van der Waals surface area (Å²) in [5.41, 5.74) is 1.46. The van der Waals surface area contributed by atoms with Crippen LogP contribution in [0.3, 0.4) is 0 Å². The number of aromatic nitrogens is 4. The molecule has 3 aromatic heterocycles. The van der Waals surface area contributed by atoms with Crippen LogP contribution in [-0.2, 0) is 17.5 Å². The summed E-state index contributed by atoms with van der Waals surface area (Å²) in [6, 6.07) is 6.03. The summed E-state index contributed by atoms with van der Waals surface area (Å²) in [5, 5.41) is 3.51. The van der Waals surface area contributed by atoms with E-state index in [9.17, 15) is 22.4 Å². The van der Waals surface area contributed by atoms with Crippen LogP contribution in [0.5, 0.6) is 0 Å². The molecule has 1 saturated heterocycles. The quantitative estimate of drug-likeness (QED) is 0.407. The zero-order chi connectivity index (χ0) is 24.3. The third-order valence-electron chi connectivity index (χ3n) is 5.29. The minimum Gasteiger partial charge on any atom is -0.351 e. The fourth-order valence-electron chi connectivity index (χ4n) is 3.54. The normalized spacial score (nSPS) is 18.7. The van der Waals surface area contributed by atoms with Gasteiger partial charge in [-0.3, -0.25) is 9.78 Å². The van der Waals surface area contributed by atoms with Crippen molar-refractivity contribution in [2.75, 3.05) is 0 Å². The van der Waals surface area contributed by atoms with E-state index < -0.39 is 17.8 Å². The lowest BCUT2D eigenvalue weighted by Gasteiger charge is -2.25. The molecule has 12 heteroatoms. The standard InChI is InChI=1S/C22H20F4N6OS/c1-13-2-4-18(32(13)34-19-5-3-16(23)12-28-19)20(33)29-9-14-6-7-27-17(8-14)15-10-30-21(31-11-15)22(24,25)26/h3,5-8,10-13,18H,2,4,9H2,1H3,(H,29,33)/t13-,18-/m0/s1. The van der Waals surface area contributed by atoms with E-state index in [1.807, 2.05) is 11.2 Å². The molecule has 4 rings (SSSR count). The molecule has 1 fully saturated rings. The second-order valence-corrected chi connectivity index (χ2v) is 8.79. The molecule has 34 heavy (non-hydrogen) atoms. The summed E-state index contributed by atoms with van der Waals surface area (Å²) in [7, 11) is 0. The molecular formula is C22H20F4N6OS. The summed E-state index contributed by atoms with van der Waals surface area (Å²) in [6.07, 6.45) is 1.67. The molecule has 0 radical (unpaired) electrons. The van der Waals surface area contributed by atoms with E-state index in [2.05, 4.69) is 25.3 Å². The Balaban J connectivity index is 1.40. The molecule has 0 unspecified atom stereocenters. The number of nitrogens with zero attached hydrogens (tertiary/aromatic N) is 5. The average Bonchev–Trinajstić information content (AvgIpc) is 3.19. The summed E-state index contributed by atoms with van der Waals surface area (Å²) in [4.78, 5) is 27.8. The molecule has 1 amide bonds. The van der Waals surface area contributed by atoms with E-state index >= 15 is 0 Å². The van der Waals surface area contributed by atoms with Crippen LogP contribution < -0.4 is 5.32 Å². The van der Waals surface area contributed by atoms with E-state index in [0.29, 0.717) is 22.7 Å². The lowest BCUT2D eigenvalue weighted by molar-refractivity contribution is -0.145. The van der Waals surface area contributed by atoms with Crippen LogP contribution in [0.15, 0.2) is 54.1 Å². The molecule has 0 saturated carbocycles. The summed E-state index contributed by atoms with van der Waals surface area (Å²) < 4.78 is 53.1. The number of carbonyl (C=O) groups excluding carboxylic acids is 1. The minimum atomic E-state index is -4.62. The Morgan fingerprint density at radius 3 is 2.56 bits per heavy atom. The predicted molar refractivity (Wildman–Crippen MR) is 116 cm³/mol. The second kappa shape index (κ2) is 10.0. The Kier molecular flexibility index (Phi) is 7.08. The van der Waals surface area contributed by atoms with Crippen molar-refractivity contribution in [3.05, 3.63) is 66.3 Å². The monoisotopic (exact) mass is 492 g/mol. The van der Waals surface area contributed by atoms with Crippen molar-refractivity contribution in [3.63, 3.8) is 0 Å². The van der Waals surface area contributed by atoms with E-state index in [1.54, 1.807) is 18.2 Å². The molecule has 0 aliphatic carbocycles. The number of halogens is 4. The van der Waals surface area contributed by atoms with Crippen LogP contribution >= 0.6 is 11.9 Å². The molecule has 2 atom stereocenters. The highest BCUT2D eigenvalue weighted by molar-refractivity contribution is 7.97. The molecule has 1 aliphatic heterocycles. The van der Waals surface area contributed by atoms with Crippen molar-refractivity contribution in [2.24, 2.45) is 0 Å². The average molecular weight is 493 g/mol. The smallest absolute Gasteiger partial charge is 0.351 e. The topological polar surface area (TPSA) is 83.9 Å². The van der Waals surface area contributed by atoms with Gasteiger partial charge in [-0.15, -0.1) is 0 Å².